The van der Waals surface area contributed by atoms with Gasteiger partial charge in [-0.3, -0.25) is 9.59 Å². The van der Waals surface area contributed by atoms with Gasteiger partial charge in [0.2, 0.25) is 11.8 Å². The van der Waals surface area contributed by atoms with Crippen LogP contribution in [0.25, 0.3) is 0 Å². The van der Waals surface area contributed by atoms with E-state index in [1.807, 2.05) is 0 Å². The van der Waals surface area contributed by atoms with Gasteiger partial charge in [-0.1, -0.05) is 38.7 Å². The third kappa shape index (κ3) is 8.06. The normalized spacial score (nSPS) is 11.3. The van der Waals surface area contributed by atoms with Gasteiger partial charge in [-0.2, -0.15) is 13.2 Å². The highest BCUT2D eigenvalue weighted by atomic mass is 19.4. The minimum Gasteiger partial charge on any atom is -0.356 e. The number of halogens is 3. The summed E-state index contributed by atoms with van der Waals surface area (Å²) >= 11 is 0. The molecule has 0 aromatic heterocycles. The van der Waals surface area contributed by atoms with E-state index in [1.54, 1.807) is 20.8 Å². The third-order valence-electron chi connectivity index (χ3n) is 3.34. The summed E-state index contributed by atoms with van der Waals surface area (Å²) in [7, 11) is 0. The van der Waals surface area contributed by atoms with Crippen LogP contribution in [0.2, 0.25) is 0 Å². The first-order chi connectivity index (χ1) is 12.0. The van der Waals surface area contributed by atoms with Crippen molar-refractivity contribution in [3.63, 3.8) is 0 Å². The maximum Gasteiger partial charge on any atom is 0.416 e. The molecule has 0 aliphatic rings. The molecular formula is C19H23F3N2O2. The van der Waals surface area contributed by atoms with Crippen LogP contribution in [-0.2, 0) is 15.8 Å². The van der Waals surface area contributed by atoms with Crippen molar-refractivity contribution in [2.45, 2.75) is 39.8 Å². The topological polar surface area (TPSA) is 58.2 Å². The molecule has 0 spiro atoms. The number of nitrogens with one attached hydrogen (secondary N) is 2. The van der Waals surface area contributed by atoms with Gasteiger partial charge in [-0.05, 0) is 24.6 Å². The molecule has 2 N–H and O–H groups in total. The van der Waals surface area contributed by atoms with E-state index in [0.29, 0.717) is 13.0 Å². The minimum atomic E-state index is -4.41. The smallest absolute Gasteiger partial charge is 0.356 e. The molecule has 0 aliphatic carbocycles. The number of hydrogen-bond donors (Lipinski definition) is 2. The molecule has 0 bridgehead atoms. The highest BCUT2D eigenvalue weighted by Crippen LogP contribution is 2.29. The Balaban J connectivity index is 2.33. The van der Waals surface area contributed by atoms with E-state index >= 15 is 0 Å². The average molecular weight is 368 g/mol. The predicted molar refractivity (Wildman–Crippen MR) is 93.0 cm³/mol. The van der Waals surface area contributed by atoms with Crippen molar-refractivity contribution in [2.75, 3.05) is 13.1 Å². The van der Waals surface area contributed by atoms with Crippen LogP contribution in [0.5, 0.6) is 0 Å². The molecule has 4 nitrogen and oxygen atoms in total. The van der Waals surface area contributed by atoms with E-state index in [4.69, 9.17) is 0 Å². The fourth-order valence-corrected chi connectivity index (χ4v) is 1.87. The van der Waals surface area contributed by atoms with Crippen molar-refractivity contribution in [1.29, 1.82) is 0 Å². The molecule has 1 aromatic carbocycles. The first-order valence-corrected chi connectivity index (χ1v) is 8.21. The van der Waals surface area contributed by atoms with Gasteiger partial charge in [-0.15, -0.1) is 0 Å². The number of benzene rings is 1. The standard InChI is InChI=1S/C19H23F3N2O2/c1-18(2,3)17(26)24-12-6-10-16(25)23-11-5-8-14-7-4-9-15(13-14)19(20,21)22/h4,7,9,13H,6,10-12H2,1-3H3,(H,23,25)(H,24,26). The van der Waals surface area contributed by atoms with Gasteiger partial charge in [0, 0.05) is 23.9 Å². The lowest BCUT2D eigenvalue weighted by atomic mass is 9.96. The summed E-state index contributed by atoms with van der Waals surface area (Å²) in [5.74, 6) is 4.90. The van der Waals surface area contributed by atoms with Crippen molar-refractivity contribution >= 4 is 11.8 Å². The molecule has 1 aromatic rings. The predicted octanol–water partition coefficient (Wildman–Crippen LogP) is 3.12. The number of carbonyl (C=O) groups excluding carboxylic acids is 2. The molecule has 0 fully saturated rings. The van der Waals surface area contributed by atoms with Crippen molar-refractivity contribution in [1.82, 2.24) is 10.6 Å². The maximum atomic E-state index is 12.6. The molecule has 0 unspecified atom stereocenters. The lowest BCUT2D eigenvalue weighted by Gasteiger charge is -2.17. The van der Waals surface area contributed by atoms with E-state index in [0.717, 1.165) is 12.1 Å². The largest absolute Gasteiger partial charge is 0.416 e. The molecule has 2 amide bonds. The molecule has 0 atom stereocenters. The molecule has 0 heterocycles. The Morgan fingerprint density at radius 1 is 1.12 bits per heavy atom. The second-order valence-electron chi connectivity index (χ2n) is 6.77. The quantitative estimate of drug-likeness (QED) is 0.620. The summed E-state index contributed by atoms with van der Waals surface area (Å²) in [6.45, 7) is 5.86. The zero-order chi connectivity index (χ0) is 19.8. The maximum absolute atomic E-state index is 12.6. The SMILES string of the molecule is CC(C)(C)C(=O)NCCCC(=O)NCC#Cc1cccc(C(F)(F)F)c1. The van der Waals surface area contributed by atoms with Gasteiger partial charge in [0.1, 0.15) is 0 Å². The second-order valence-corrected chi connectivity index (χ2v) is 6.77. The van der Waals surface area contributed by atoms with Gasteiger partial charge in [0.05, 0.1) is 12.1 Å². The van der Waals surface area contributed by atoms with Crippen molar-refractivity contribution in [3.05, 3.63) is 35.4 Å². The number of rotatable bonds is 5. The highest BCUT2D eigenvalue weighted by molar-refractivity contribution is 5.81. The van der Waals surface area contributed by atoms with Gasteiger partial charge in [0.15, 0.2) is 0 Å². The first kappa shape index (κ1) is 21.6. The monoisotopic (exact) mass is 368 g/mol. The van der Waals surface area contributed by atoms with Crippen LogP contribution in [0.1, 0.15) is 44.7 Å². The number of carbonyl (C=O) groups is 2. The molecular weight excluding hydrogens is 345 g/mol. The van der Waals surface area contributed by atoms with Crippen LogP contribution in [0.15, 0.2) is 24.3 Å². The Kier molecular flexibility index (Phi) is 7.69. The summed E-state index contributed by atoms with van der Waals surface area (Å²) in [5, 5.41) is 5.31. The van der Waals surface area contributed by atoms with Crippen molar-refractivity contribution < 1.29 is 22.8 Å². The Labute approximate surface area is 151 Å². The summed E-state index contributed by atoms with van der Waals surface area (Å²) in [6.07, 6.45) is -3.68. The van der Waals surface area contributed by atoms with Crippen LogP contribution in [0.4, 0.5) is 13.2 Å². The molecule has 26 heavy (non-hydrogen) atoms. The van der Waals surface area contributed by atoms with E-state index in [1.165, 1.54) is 12.1 Å². The van der Waals surface area contributed by atoms with E-state index in [9.17, 15) is 22.8 Å². The van der Waals surface area contributed by atoms with Gasteiger partial charge in [-0.25, -0.2) is 0 Å². The zero-order valence-corrected chi connectivity index (χ0v) is 15.1. The fourth-order valence-electron chi connectivity index (χ4n) is 1.87. The van der Waals surface area contributed by atoms with Gasteiger partial charge < -0.3 is 10.6 Å². The fraction of sp³-hybridized carbons (Fsp3) is 0.474. The van der Waals surface area contributed by atoms with Crippen LogP contribution in [0, 0.1) is 17.3 Å². The molecule has 0 radical (unpaired) electrons. The lowest BCUT2D eigenvalue weighted by molar-refractivity contribution is -0.137. The summed E-state index contributed by atoms with van der Waals surface area (Å²) in [4.78, 5) is 23.3. The van der Waals surface area contributed by atoms with Gasteiger partial charge in [0.25, 0.3) is 0 Å². The highest BCUT2D eigenvalue weighted by Gasteiger charge is 2.30. The first-order valence-electron chi connectivity index (χ1n) is 8.21. The Hall–Kier alpha value is -2.49. The van der Waals surface area contributed by atoms with Crippen molar-refractivity contribution in [3.8, 4) is 11.8 Å². The molecule has 0 aliphatic heterocycles. The van der Waals surface area contributed by atoms with Gasteiger partial charge >= 0.3 is 6.18 Å². The van der Waals surface area contributed by atoms with Crippen LogP contribution in [0.3, 0.4) is 0 Å². The molecule has 1 rings (SSSR count). The minimum absolute atomic E-state index is 0.0451. The number of amides is 2. The number of alkyl halides is 3. The Morgan fingerprint density at radius 2 is 1.81 bits per heavy atom. The second kappa shape index (κ2) is 9.27. The average Bonchev–Trinajstić information content (AvgIpc) is 2.54. The summed E-state index contributed by atoms with van der Waals surface area (Å²) < 4.78 is 37.8. The molecule has 142 valence electrons. The summed E-state index contributed by atoms with van der Waals surface area (Å²) in [5.41, 5.74) is -0.994. The van der Waals surface area contributed by atoms with Crippen LogP contribution >= 0.6 is 0 Å². The third-order valence-corrected chi connectivity index (χ3v) is 3.34. The van der Waals surface area contributed by atoms with E-state index < -0.39 is 17.2 Å². The summed E-state index contributed by atoms with van der Waals surface area (Å²) in [6, 6.07) is 4.71. The molecule has 0 saturated heterocycles. The van der Waals surface area contributed by atoms with Crippen LogP contribution in [-0.4, -0.2) is 24.9 Å². The Bertz CT molecular complexity index is 695. The van der Waals surface area contributed by atoms with Crippen molar-refractivity contribution in [2.24, 2.45) is 5.41 Å². The van der Waals surface area contributed by atoms with E-state index in [2.05, 4.69) is 22.5 Å². The molecule has 7 heteroatoms. The number of hydrogen-bond acceptors (Lipinski definition) is 2. The Morgan fingerprint density at radius 3 is 2.42 bits per heavy atom. The van der Waals surface area contributed by atoms with Crippen LogP contribution < -0.4 is 10.6 Å². The van der Waals surface area contributed by atoms with E-state index in [-0.39, 0.29) is 30.3 Å². The lowest BCUT2D eigenvalue weighted by Crippen LogP contribution is -2.35. The zero-order valence-electron chi connectivity index (χ0n) is 15.1. The molecule has 0 saturated carbocycles.